The van der Waals surface area contributed by atoms with Gasteiger partial charge >= 0.3 is 0 Å². The number of carbonyl (C=O) groups excluding carboxylic acids is 1. The topological polar surface area (TPSA) is 80.5 Å². The lowest BCUT2D eigenvalue weighted by atomic mass is 9.85. The number of rotatable bonds is 3. The van der Waals surface area contributed by atoms with E-state index in [0.29, 0.717) is 12.8 Å². The van der Waals surface area contributed by atoms with Gasteiger partial charge in [-0.3, -0.25) is 4.79 Å². The SMILES string of the molecule is NC(=O)[C@@H]1C[C@@H]2CCCC[C@H]2N1S(=O)(=O)c1cccc(F)c1F. The van der Waals surface area contributed by atoms with Crippen LogP contribution in [0.3, 0.4) is 0 Å². The summed E-state index contributed by atoms with van der Waals surface area (Å²) in [5.41, 5.74) is 5.37. The van der Waals surface area contributed by atoms with Gasteiger partial charge in [-0.2, -0.15) is 4.31 Å². The highest BCUT2D eigenvalue weighted by Crippen LogP contribution is 2.42. The minimum atomic E-state index is -4.34. The fourth-order valence-corrected chi connectivity index (χ4v) is 5.76. The number of primary amides is 1. The normalized spacial score (nSPS) is 28.5. The number of sulfonamides is 1. The van der Waals surface area contributed by atoms with E-state index in [2.05, 4.69) is 0 Å². The van der Waals surface area contributed by atoms with Gasteiger partial charge in [-0.1, -0.05) is 18.9 Å². The van der Waals surface area contributed by atoms with E-state index in [1.165, 1.54) is 0 Å². The van der Waals surface area contributed by atoms with Crippen LogP contribution >= 0.6 is 0 Å². The predicted octanol–water partition coefficient (Wildman–Crippen LogP) is 1.77. The van der Waals surface area contributed by atoms with Gasteiger partial charge in [0.15, 0.2) is 11.6 Å². The van der Waals surface area contributed by atoms with Crippen LogP contribution in [0.1, 0.15) is 32.1 Å². The molecule has 1 aromatic rings. The van der Waals surface area contributed by atoms with E-state index in [1.807, 2.05) is 0 Å². The van der Waals surface area contributed by atoms with Crippen molar-refractivity contribution >= 4 is 15.9 Å². The van der Waals surface area contributed by atoms with Crippen molar-refractivity contribution in [2.75, 3.05) is 0 Å². The lowest BCUT2D eigenvalue weighted by Crippen LogP contribution is -2.48. The molecule has 1 aliphatic carbocycles. The molecule has 0 spiro atoms. The van der Waals surface area contributed by atoms with Gasteiger partial charge in [-0.25, -0.2) is 17.2 Å². The third kappa shape index (κ3) is 2.63. The number of nitrogens with zero attached hydrogens (tertiary/aromatic N) is 1. The van der Waals surface area contributed by atoms with Crippen molar-refractivity contribution in [1.82, 2.24) is 4.31 Å². The Bertz CT molecular complexity index is 738. The number of nitrogens with two attached hydrogens (primary N) is 1. The second-order valence-corrected chi connectivity index (χ2v) is 7.96. The van der Waals surface area contributed by atoms with Gasteiger partial charge in [0.1, 0.15) is 10.9 Å². The maximum Gasteiger partial charge on any atom is 0.247 e. The predicted molar refractivity (Wildman–Crippen MR) is 78.7 cm³/mol. The molecule has 0 bridgehead atoms. The number of fused-ring (bicyclic) bond motifs is 1. The zero-order valence-electron chi connectivity index (χ0n) is 12.4. The minimum Gasteiger partial charge on any atom is -0.368 e. The minimum absolute atomic E-state index is 0.0349. The number of halogens is 2. The Morgan fingerprint density at radius 2 is 1.91 bits per heavy atom. The van der Waals surface area contributed by atoms with E-state index in [9.17, 15) is 22.0 Å². The van der Waals surface area contributed by atoms with Crippen LogP contribution in [0.15, 0.2) is 23.1 Å². The number of carbonyl (C=O) groups is 1. The number of hydrogen-bond donors (Lipinski definition) is 1. The van der Waals surface area contributed by atoms with E-state index in [0.717, 1.165) is 41.8 Å². The van der Waals surface area contributed by atoms with E-state index in [4.69, 9.17) is 5.73 Å². The lowest BCUT2D eigenvalue weighted by Gasteiger charge is -2.32. The smallest absolute Gasteiger partial charge is 0.247 e. The van der Waals surface area contributed by atoms with Gasteiger partial charge in [0, 0.05) is 6.04 Å². The monoisotopic (exact) mass is 344 g/mol. The second kappa shape index (κ2) is 5.83. The molecular weight excluding hydrogens is 326 g/mol. The lowest BCUT2D eigenvalue weighted by molar-refractivity contribution is -0.121. The first-order chi connectivity index (χ1) is 10.8. The molecule has 8 heteroatoms. The van der Waals surface area contributed by atoms with Crippen LogP contribution in [-0.2, 0) is 14.8 Å². The van der Waals surface area contributed by atoms with Crippen LogP contribution in [0.5, 0.6) is 0 Å². The van der Waals surface area contributed by atoms with E-state index >= 15 is 0 Å². The van der Waals surface area contributed by atoms with Crippen LogP contribution < -0.4 is 5.73 Å². The first-order valence-corrected chi connectivity index (χ1v) is 9.05. The summed E-state index contributed by atoms with van der Waals surface area (Å²) in [5.74, 6) is -3.37. The second-order valence-electron chi connectivity index (χ2n) is 6.15. The van der Waals surface area contributed by atoms with Crippen molar-refractivity contribution in [3.8, 4) is 0 Å². The van der Waals surface area contributed by atoms with E-state index in [1.54, 1.807) is 0 Å². The fourth-order valence-electron chi connectivity index (χ4n) is 3.80. The summed E-state index contributed by atoms with van der Waals surface area (Å²) in [6, 6.07) is 1.62. The average molecular weight is 344 g/mol. The molecule has 3 rings (SSSR count). The van der Waals surface area contributed by atoms with Crippen LogP contribution in [0.2, 0.25) is 0 Å². The molecular formula is C15H18F2N2O3S. The largest absolute Gasteiger partial charge is 0.368 e. The van der Waals surface area contributed by atoms with Gasteiger partial charge in [-0.05, 0) is 37.3 Å². The first kappa shape index (κ1) is 16.3. The molecule has 3 atom stereocenters. The van der Waals surface area contributed by atoms with Gasteiger partial charge in [-0.15, -0.1) is 0 Å². The molecule has 1 aliphatic heterocycles. The Morgan fingerprint density at radius 3 is 2.61 bits per heavy atom. The van der Waals surface area contributed by atoms with Crippen LogP contribution in [0, 0.1) is 17.6 Å². The maximum absolute atomic E-state index is 14.0. The van der Waals surface area contributed by atoms with Gasteiger partial charge in [0.25, 0.3) is 0 Å². The van der Waals surface area contributed by atoms with Crippen molar-refractivity contribution in [3.05, 3.63) is 29.8 Å². The van der Waals surface area contributed by atoms with Crippen molar-refractivity contribution in [2.24, 2.45) is 11.7 Å². The standard InChI is InChI=1S/C15H18F2N2O3S/c16-10-5-3-7-13(14(10)17)23(21,22)19-11-6-2-1-4-9(11)8-12(19)15(18)20/h3,5,7,9,11-12H,1-2,4,6,8H2,(H2,18,20)/t9-,11+,12-/m0/s1. The third-order valence-corrected chi connectivity index (χ3v) is 6.78. The van der Waals surface area contributed by atoms with E-state index < -0.39 is 38.5 Å². The summed E-state index contributed by atoms with van der Waals surface area (Å²) >= 11 is 0. The summed E-state index contributed by atoms with van der Waals surface area (Å²) in [4.78, 5) is 11.0. The zero-order chi connectivity index (χ0) is 16.8. The van der Waals surface area contributed by atoms with Gasteiger partial charge in [0.05, 0.1) is 0 Å². The molecule has 2 aliphatic rings. The van der Waals surface area contributed by atoms with Crippen molar-refractivity contribution in [3.63, 3.8) is 0 Å². The van der Waals surface area contributed by atoms with Crippen LogP contribution in [0.25, 0.3) is 0 Å². The number of benzene rings is 1. The molecule has 2 N–H and O–H groups in total. The van der Waals surface area contributed by atoms with Gasteiger partial charge in [0.2, 0.25) is 15.9 Å². The molecule has 126 valence electrons. The highest BCUT2D eigenvalue weighted by molar-refractivity contribution is 7.89. The summed E-state index contributed by atoms with van der Waals surface area (Å²) in [6.45, 7) is 0. The number of amides is 1. The molecule has 1 saturated carbocycles. The molecule has 1 amide bonds. The Balaban J connectivity index is 2.08. The molecule has 2 fully saturated rings. The van der Waals surface area contributed by atoms with Crippen molar-refractivity contribution < 1.29 is 22.0 Å². The van der Waals surface area contributed by atoms with Gasteiger partial charge < -0.3 is 5.73 Å². The summed E-state index contributed by atoms with van der Waals surface area (Å²) in [5, 5.41) is 0. The Hall–Kier alpha value is -1.54. The molecule has 1 aromatic carbocycles. The molecule has 0 radical (unpaired) electrons. The Labute approximate surface area is 133 Å². The number of hydrogen-bond acceptors (Lipinski definition) is 3. The average Bonchev–Trinajstić information content (AvgIpc) is 2.90. The maximum atomic E-state index is 14.0. The van der Waals surface area contributed by atoms with E-state index in [-0.39, 0.29) is 12.0 Å². The van der Waals surface area contributed by atoms with Crippen molar-refractivity contribution in [2.45, 2.75) is 49.1 Å². The Kier molecular flexibility index (Phi) is 4.14. The molecule has 1 heterocycles. The van der Waals surface area contributed by atoms with Crippen LogP contribution in [0.4, 0.5) is 8.78 Å². The molecule has 1 saturated heterocycles. The summed E-state index contributed by atoms with van der Waals surface area (Å²) in [7, 11) is -4.34. The van der Waals surface area contributed by atoms with Crippen LogP contribution in [-0.4, -0.2) is 30.7 Å². The Morgan fingerprint density at radius 1 is 1.22 bits per heavy atom. The quantitative estimate of drug-likeness (QED) is 0.907. The zero-order valence-corrected chi connectivity index (χ0v) is 13.2. The first-order valence-electron chi connectivity index (χ1n) is 7.61. The fraction of sp³-hybridized carbons (Fsp3) is 0.533. The molecule has 23 heavy (non-hydrogen) atoms. The summed E-state index contributed by atoms with van der Waals surface area (Å²) in [6.07, 6.45) is 3.56. The highest BCUT2D eigenvalue weighted by Gasteiger charge is 2.51. The summed E-state index contributed by atoms with van der Waals surface area (Å²) < 4.78 is 54.2. The highest BCUT2D eigenvalue weighted by atomic mass is 32.2. The molecule has 5 nitrogen and oxygen atoms in total. The molecule has 0 aromatic heterocycles. The van der Waals surface area contributed by atoms with Crippen molar-refractivity contribution in [1.29, 1.82) is 0 Å². The third-order valence-electron chi connectivity index (χ3n) is 4.83. The molecule has 0 unspecified atom stereocenters.